The van der Waals surface area contributed by atoms with E-state index in [0.717, 1.165) is 38.5 Å². The minimum Gasteiger partial charge on any atom is -0.462 e. The summed E-state index contributed by atoms with van der Waals surface area (Å²) in [5.41, 5.74) is 2.73. The van der Waals surface area contributed by atoms with Crippen LogP contribution < -0.4 is 4.74 Å². The van der Waals surface area contributed by atoms with Crippen LogP contribution in [0.1, 0.15) is 69.9 Å². The van der Waals surface area contributed by atoms with Gasteiger partial charge in [-0.3, -0.25) is 9.59 Å². The molecule has 150 valence electrons. The normalized spacial score (nSPS) is 35.9. The van der Waals surface area contributed by atoms with E-state index in [1.807, 2.05) is 12.1 Å². The molecule has 0 saturated heterocycles. The molecule has 4 rings (SSSR count). The first kappa shape index (κ1) is 19.2. The number of fused-ring (bicyclic) bond motifs is 5. The van der Waals surface area contributed by atoms with Gasteiger partial charge in [-0.15, -0.1) is 6.58 Å². The molecule has 1 aromatic rings. The van der Waals surface area contributed by atoms with E-state index in [4.69, 9.17) is 9.47 Å². The molecule has 0 heterocycles. The third-order valence-corrected chi connectivity index (χ3v) is 7.79. The van der Waals surface area contributed by atoms with Crippen LogP contribution in [0, 0.1) is 16.7 Å². The van der Waals surface area contributed by atoms with Crippen LogP contribution in [0.5, 0.6) is 5.75 Å². The van der Waals surface area contributed by atoms with Crippen LogP contribution in [0.4, 0.5) is 0 Å². The molecule has 0 aliphatic heterocycles. The monoisotopic (exact) mass is 382 g/mol. The molecule has 0 spiro atoms. The first-order valence-electron chi connectivity index (χ1n) is 10.4. The lowest BCUT2D eigenvalue weighted by Gasteiger charge is -2.57. The SMILES string of the molecule is C=C[C@@]12CCc3cc(OC(C)=O)ccc3C1CC[C@@]1(C)C2CC[C@@H]1OC(C)=O. The molecule has 0 amide bonds. The quantitative estimate of drug-likeness (QED) is 0.421. The number of allylic oxidation sites excluding steroid dienone is 1. The number of hydrogen-bond acceptors (Lipinski definition) is 4. The molecule has 28 heavy (non-hydrogen) atoms. The van der Waals surface area contributed by atoms with Crippen molar-refractivity contribution in [2.45, 2.75) is 71.3 Å². The van der Waals surface area contributed by atoms with Crippen LogP contribution in [0.3, 0.4) is 0 Å². The molecular weight excluding hydrogens is 352 g/mol. The van der Waals surface area contributed by atoms with E-state index in [1.54, 1.807) is 0 Å². The predicted octanol–water partition coefficient (Wildman–Crippen LogP) is 4.96. The zero-order valence-electron chi connectivity index (χ0n) is 17.1. The van der Waals surface area contributed by atoms with E-state index in [0.29, 0.717) is 17.6 Å². The third kappa shape index (κ3) is 2.80. The maximum atomic E-state index is 11.6. The van der Waals surface area contributed by atoms with Crippen molar-refractivity contribution in [1.82, 2.24) is 0 Å². The van der Waals surface area contributed by atoms with Gasteiger partial charge in [0, 0.05) is 19.3 Å². The van der Waals surface area contributed by atoms with Crippen molar-refractivity contribution < 1.29 is 19.1 Å². The molecule has 1 aromatic carbocycles. The smallest absolute Gasteiger partial charge is 0.308 e. The second kappa shape index (κ2) is 6.75. The Morgan fingerprint density at radius 1 is 1.14 bits per heavy atom. The molecule has 2 unspecified atom stereocenters. The Morgan fingerprint density at radius 3 is 2.61 bits per heavy atom. The molecule has 0 bridgehead atoms. The van der Waals surface area contributed by atoms with Crippen molar-refractivity contribution in [3.8, 4) is 5.75 Å². The lowest BCUT2D eigenvalue weighted by molar-refractivity contribution is -0.156. The van der Waals surface area contributed by atoms with Gasteiger partial charge in [0.1, 0.15) is 11.9 Å². The maximum absolute atomic E-state index is 11.6. The average Bonchev–Trinajstić information content (AvgIpc) is 2.97. The van der Waals surface area contributed by atoms with Crippen LogP contribution in [-0.4, -0.2) is 18.0 Å². The van der Waals surface area contributed by atoms with Gasteiger partial charge in [0.05, 0.1) is 0 Å². The molecule has 4 nitrogen and oxygen atoms in total. The van der Waals surface area contributed by atoms with Crippen LogP contribution in [0.15, 0.2) is 30.9 Å². The summed E-state index contributed by atoms with van der Waals surface area (Å²) in [6.45, 7) is 9.56. The van der Waals surface area contributed by atoms with Gasteiger partial charge in [0.15, 0.2) is 0 Å². The second-order valence-electron chi connectivity index (χ2n) is 9.10. The molecule has 5 atom stereocenters. The summed E-state index contributed by atoms with van der Waals surface area (Å²) in [4.78, 5) is 22.9. The lowest BCUT2D eigenvalue weighted by Crippen LogP contribution is -2.51. The highest BCUT2D eigenvalue weighted by atomic mass is 16.5. The van der Waals surface area contributed by atoms with E-state index in [1.165, 1.54) is 25.0 Å². The van der Waals surface area contributed by atoms with Gasteiger partial charge in [-0.1, -0.05) is 19.1 Å². The van der Waals surface area contributed by atoms with Gasteiger partial charge in [0.25, 0.3) is 0 Å². The molecule has 2 fully saturated rings. The van der Waals surface area contributed by atoms with Gasteiger partial charge in [-0.05, 0) is 79.0 Å². The Morgan fingerprint density at radius 2 is 1.93 bits per heavy atom. The van der Waals surface area contributed by atoms with Crippen LogP contribution in [0.25, 0.3) is 0 Å². The van der Waals surface area contributed by atoms with Gasteiger partial charge in [-0.25, -0.2) is 0 Å². The van der Waals surface area contributed by atoms with Gasteiger partial charge >= 0.3 is 11.9 Å². The minimum atomic E-state index is -0.285. The van der Waals surface area contributed by atoms with E-state index in [-0.39, 0.29) is 28.9 Å². The molecule has 3 aliphatic carbocycles. The van der Waals surface area contributed by atoms with Crippen molar-refractivity contribution >= 4 is 11.9 Å². The number of hydrogen-bond donors (Lipinski definition) is 0. The Balaban J connectivity index is 1.69. The molecule has 0 aromatic heterocycles. The van der Waals surface area contributed by atoms with Gasteiger partial charge in [-0.2, -0.15) is 0 Å². The summed E-state index contributed by atoms with van der Waals surface area (Å²) in [6, 6.07) is 6.11. The number of carbonyl (C=O) groups is 2. The van der Waals surface area contributed by atoms with E-state index >= 15 is 0 Å². The van der Waals surface area contributed by atoms with Crippen LogP contribution in [0.2, 0.25) is 0 Å². The Labute approximate surface area is 167 Å². The average molecular weight is 383 g/mol. The molecule has 0 N–H and O–H groups in total. The van der Waals surface area contributed by atoms with E-state index in [9.17, 15) is 9.59 Å². The standard InChI is InChI=1S/C24H30O4/c1-5-24-13-10-17-14-18(27-15(2)25)6-7-19(17)20(24)11-12-23(4)21(24)8-9-22(23)28-16(3)26/h5-7,14,20-22H,1,8-13H2,2-4H3/t20?,21?,22-,23-,24+/m0/s1. The summed E-state index contributed by atoms with van der Waals surface area (Å²) in [6.07, 6.45) is 8.37. The molecule has 2 saturated carbocycles. The number of esters is 2. The summed E-state index contributed by atoms with van der Waals surface area (Å²) in [5, 5.41) is 0. The maximum Gasteiger partial charge on any atom is 0.308 e. The Hall–Kier alpha value is -2.10. The summed E-state index contributed by atoms with van der Waals surface area (Å²) >= 11 is 0. The zero-order chi connectivity index (χ0) is 20.1. The molecule has 3 aliphatic rings. The Bertz CT molecular complexity index is 828. The zero-order valence-corrected chi connectivity index (χ0v) is 17.1. The van der Waals surface area contributed by atoms with Crippen molar-refractivity contribution in [1.29, 1.82) is 0 Å². The highest BCUT2D eigenvalue weighted by molar-refractivity contribution is 5.69. The topological polar surface area (TPSA) is 52.6 Å². The van der Waals surface area contributed by atoms with E-state index < -0.39 is 0 Å². The Kier molecular flexibility index (Phi) is 4.64. The fourth-order valence-corrected chi connectivity index (χ4v) is 6.68. The van der Waals surface area contributed by atoms with Crippen molar-refractivity contribution in [2.24, 2.45) is 16.7 Å². The number of carbonyl (C=O) groups excluding carboxylic acids is 2. The minimum absolute atomic E-state index is 0.0144. The first-order valence-corrected chi connectivity index (χ1v) is 10.4. The van der Waals surface area contributed by atoms with Gasteiger partial charge in [0.2, 0.25) is 0 Å². The summed E-state index contributed by atoms with van der Waals surface area (Å²) < 4.78 is 11.1. The number of rotatable bonds is 3. The van der Waals surface area contributed by atoms with Gasteiger partial charge < -0.3 is 9.47 Å². The molecule has 4 heteroatoms. The van der Waals surface area contributed by atoms with Crippen LogP contribution in [-0.2, 0) is 20.7 Å². The summed E-state index contributed by atoms with van der Waals surface area (Å²) in [7, 11) is 0. The first-order chi connectivity index (χ1) is 13.3. The van der Waals surface area contributed by atoms with Crippen molar-refractivity contribution in [2.75, 3.05) is 0 Å². The fraction of sp³-hybridized carbons (Fsp3) is 0.583. The lowest BCUT2D eigenvalue weighted by atomic mass is 9.47. The number of benzene rings is 1. The second-order valence-corrected chi connectivity index (χ2v) is 9.10. The largest absolute Gasteiger partial charge is 0.462 e. The fourth-order valence-electron chi connectivity index (χ4n) is 6.68. The molecule has 0 radical (unpaired) electrons. The van der Waals surface area contributed by atoms with Crippen molar-refractivity contribution in [3.05, 3.63) is 42.0 Å². The number of ether oxygens (including phenoxy) is 2. The van der Waals surface area contributed by atoms with Crippen molar-refractivity contribution in [3.63, 3.8) is 0 Å². The van der Waals surface area contributed by atoms with Crippen LogP contribution >= 0.6 is 0 Å². The third-order valence-electron chi connectivity index (χ3n) is 7.79. The highest BCUT2D eigenvalue weighted by Crippen LogP contribution is 2.67. The summed E-state index contributed by atoms with van der Waals surface area (Å²) in [5.74, 6) is 1.07. The molecular formula is C24H30O4. The van der Waals surface area contributed by atoms with E-state index in [2.05, 4.69) is 25.6 Å². The number of aryl methyl sites for hydroxylation is 1. The predicted molar refractivity (Wildman–Crippen MR) is 107 cm³/mol. The highest BCUT2D eigenvalue weighted by Gasteiger charge is 2.61.